The molecule has 0 heterocycles. The molecule has 3 rings (SSSR count). The van der Waals surface area contributed by atoms with Crippen molar-refractivity contribution in [3.05, 3.63) is 89.0 Å². The van der Waals surface area contributed by atoms with Gasteiger partial charge in [0.05, 0.1) is 29.9 Å². The van der Waals surface area contributed by atoms with E-state index in [9.17, 15) is 9.90 Å². The number of rotatable bonds is 9. The van der Waals surface area contributed by atoms with Crippen LogP contribution in [0.2, 0.25) is 0 Å². The maximum atomic E-state index is 12.8. The minimum Gasteiger partial charge on any atom is -0.491 e. The average molecular weight is 443 g/mol. The van der Waals surface area contributed by atoms with Gasteiger partial charge in [-0.1, -0.05) is 12.1 Å². The van der Waals surface area contributed by atoms with E-state index in [1.54, 1.807) is 60.7 Å². The molecule has 0 radical (unpaired) electrons. The maximum absolute atomic E-state index is 12.8. The summed E-state index contributed by atoms with van der Waals surface area (Å²) < 4.78 is 11.3. The van der Waals surface area contributed by atoms with Crippen molar-refractivity contribution in [2.24, 2.45) is 0 Å². The fraction of sp³-hybridized carbons (Fsp3) is 0.160. The number of amides is 1. The number of aliphatic hydroxyl groups excluding tert-OH is 2. The van der Waals surface area contributed by atoms with E-state index < -0.39 is 18.6 Å². The molecule has 1 amide bonds. The van der Waals surface area contributed by atoms with E-state index in [1.807, 2.05) is 6.07 Å². The molecule has 0 spiro atoms. The first kappa shape index (κ1) is 23.3. The molecule has 33 heavy (non-hydrogen) atoms. The van der Waals surface area contributed by atoms with Gasteiger partial charge in [0, 0.05) is 17.3 Å². The van der Waals surface area contributed by atoms with Gasteiger partial charge in [0.2, 0.25) is 0 Å². The van der Waals surface area contributed by atoms with E-state index >= 15 is 0 Å². The predicted molar refractivity (Wildman–Crippen MR) is 120 cm³/mol. The second-order valence-electron chi connectivity index (χ2n) is 7.08. The van der Waals surface area contributed by atoms with Crippen LogP contribution in [-0.4, -0.2) is 35.4 Å². The van der Waals surface area contributed by atoms with Gasteiger partial charge in [0.15, 0.2) is 0 Å². The van der Waals surface area contributed by atoms with Gasteiger partial charge in [-0.25, -0.2) is 0 Å². The Morgan fingerprint density at radius 3 is 2.06 bits per heavy atom. The van der Waals surface area contributed by atoms with Gasteiger partial charge in [0.1, 0.15) is 30.8 Å². The summed E-state index contributed by atoms with van der Waals surface area (Å²) in [7, 11) is 0. The molecule has 0 bridgehead atoms. The standard InChI is InChI=1S/C25H21N3O5/c26-12-17-1-3-19(4-2-17)15-32-23-9-20(10-24(11-23)33-16-22(30)14-29)25(31)28-21-7-5-18(13-27)6-8-21/h1-11,22,29-30H,14-16H2,(H,28,31)/t22-/m0/s1. The lowest BCUT2D eigenvalue weighted by Gasteiger charge is -2.14. The van der Waals surface area contributed by atoms with Crippen molar-refractivity contribution in [3.8, 4) is 23.6 Å². The lowest BCUT2D eigenvalue weighted by atomic mass is 10.1. The average Bonchev–Trinajstić information content (AvgIpc) is 2.86. The minimum absolute atomic E-state index is 0.160. The first-order chi connectivity index (χ1) is 16.0. The van der Waals surface area contributed by atoms with Crippen LogP contribution in [0, 0.1) is 22.7 Å². The zero-order valence-corrected chi connectivity index (χ0v) is 17.6. The van der Waals surface area contributed by atoms with Crippen molar-refractivity contribution >= 4 is 11.6 Å². The van der Waals surface area contributed by atoms with Gasteiger partial charge in [-0.3, -0.25) is 4.79 Å². The first-order valence-electron chi connectivity index (χ1n) is 10.0. The van der Waals surface area contributed by atoms with E-state index in [0.717, 1.165) is 5.56 Å². The molecule has 0 aliphatic carbocycles. The fourth-order valence-electron chi connectivity index (χ4n) is 2.79. The third-order valence-electron chi connectivity index (χ3n) is 4.56. The van der Waals surface area contributed by atoms with Crippen LogP contribution in [0.5, 0.6) is 11.5 Å². The van der Waals surface area contributed by atoms with Crippen molar-refractivity contribution in [1.82, 2.24) is 0 Å². The number of hydrogen-bond donors (Lipinski definition) is 3. The van der Waals surface area contributed by atoms with Crippen LogP contribution in [0.3, 0.4) is 0 Å². The summed E-state index contributed by atoms with van der Waals surface area (Å²) in [6.07, 6.45) is -1.07. The Kier molecular flexibility index (Phi) is 7.98. The molecule has 8 heteroatoms. The number of nitriles is 2. The van der Waals surface area contributed by atoms with Crippen LogP contribution < -0.4 is 14.8 Å². The fourth-order valence-corrected chi connectivity index (χ4v) is 2.79. The van der Waals surface area contributed by atoms with Crippen molar-refractivity contribution in [2.45, 2.75) is 12.7 Å². The van der Waals surface area contributed by atoms with E-state index in [2.05, 4.69) is 11.4 Å². The molecule has 0 aliphatic rings. The minimum atomic E-state index is -1.07. The zero-order chi connectivity index (χ0) is 23.6. The number of anilines is 1. The Balaban J connectivity index is 1.78. The normalized spacial score (nSPS) is 11.0. The Hall–Kier alpha value is -4.37. The highest BCUT2D eigenvalue weighted by molar-refractivity contribution is 6.04. The molecular formula is C25H21N3O5. The second-order valence-corrected chi connectivity index (χ2v) is 7.08. The van der Waals surface area contributed by atoms with E-state index in [-0.39, 0.29) is 24.5 Å². The third-order valence-corrected chi connectivity index (χ3v) is 4.56. The van der Waals surface area contributed by atoms with Crippen LogP contribution in [0.4, 0.5) is 5.69 Å². The molecule has 0 fully saturated rings. The maximum Gasteiger partial charge on any atom is 0.255 e. The van der Waals surface area contributed by atoms with Crippen LogP contribution in [-0.2, 0) is 6.61 Å². The van der Waals surface area contributed by atoms with Crippen LogP contribution in [0.25, 0.3) is 0 Å². The number of ether oxygens (including phenoxy) is 2. The monoisotopic (exact) mass is 443 g/mol. The highest BCUT2D eigenvalue weighted by atomic mass is 16.5. The zero-order valence-electron chi connectivity index (χ0n) is 17.6. The lowest BCUT2D eigenvalue weighted by Crippen LogP contribution is -2.21. The Morgan fingerprint density at radius 1 is 0.909 bits per heavy atom. The highest BCUT2D eigenvalue weighted by Gasteiger charge is 2.13. The largest absolute Gasteiger partial charge is 0.491 e. The SMILES string of the molecule is N#Cc1ccc(COc2cc(OC[C@@H](O)CO)cc(C(=O)Nc3ccc(C#N)cc3)c2)cc1. The molecule has 0 aromatic heterocycles. The van der Waals surface area contributed by atoms with E-state index in [1.165, 1.54) is 6.07 Å². The van der Waals surface area contributed by atoms with Gasteiger partial charge in [0.25, 0.3) is 5.91 Å². The Labute approximate surface area is 190 Å². The highest BCUT2D eigenvalue weighted by Crippen LogP contribution is 2.25. The summed E-state index contributed by atoms with van der Waals surface area (Å²) in [5.74, 6) is 0.223. The number of nitrogens with zero attached hydrogens (tertiary/aromatic N) is 2. The van der Waals surface area contributed by atoms with Crippen LogP contribution in [0.15, 0.2) is 66.7 Å². The van der Waals surface area contributed by atoms with E-state index in [4.69, 9.17) is 25.1 Å². The molecule has 3 N–H and O–H groups in total. The summed E-state index contributed by atoms with van der Waals surface area (Å²) in [5.41, 5.74) is 2.62. The molecule has 8 nitrogen and oxygen atoms in total. The van der Waals surface area contributed by atoms with Gasteiger partial charge < -0.3 is 25.0 Å². The lowest BCUT2D eigenvalue weighted by molar-refractivity contribution is 0.0535. The molecule has 166 valence electrons. The first-order valence-corrected chi connectivity index (χ1v) is 10.0. The quantitative estimate of drug-likeness (QED) is 0.462. The number of aliphatic hydroxyl groups is 2. The number of nitrogens with one attached hydrogen (secondary N) is 1. The topological polar surface area (TPSA) is 136 Å². The Bertz CT molecular complexity index is 1180. The van der Waals surface area contributed by atoms with Gasteiger partial charge in [-0.05, 0) is 54.1 Å². The van der Waals surface area contributed by atoms with Crippen molar-refractivity contribution in [1.29, 1.82) is 10.5 Å². The summed E-state index contributed by atoms with van der Waals surface area (Å²) in [6.45, 7) is -0.418. The smallest absolute Gasteiger partial charge is 0.255 e. The molecule has 0 saturated heterocycles. The van der Waals surface area contributed by atoms with Gasteiger partial charge in [-0.15, -0.1) is 0 Å². The second kappa shape index (κ2) is 11.3. The summed E-state index contributed by atoms with van der Waals surface area (Å²) in [5, 5.41) is 39.1. The van der Waals surface area contributed by atoms with Crippen molar-refractivity contribution < 1.29 is 24.5 Å². The molecule has 3 aromatic rings. The molecule has 1 atom stereocenters. The molecule has 0 saturated carbocycles. The van der Waals surface area contributed by atoms with Crippen molar-refractivity contribution in [3.63, 3.8) is 0 Å². The van der Waals surface area contributed by atoms with Gasteiger partial charge >= 0.3 is 0 Å². The van der Waals surface area contributed by atoms with Gasteiger partial charge in [-0.2, -0.15) is 10.5 Å². The molecule has 3 aromatic carbocycles. The Morgan fingerprint density at radius 2 is 1.48 bits per heavy atom. The third kappa shape index (κ3) is 6.81. The van der Waals surface area contributed by atoms with E-state index in [0.29, 0.717) is 22.6 Å². The van der Waals surface area contributed by atoms with Crippen LogP contribution in [0.1, 0.15) is 27.0 Å². The number of hydrogen-bond acceptors (Lipinski definition) is 7. The van der Waals surface area contributed by atoms with Crippen molar-refractivity contribution in [2.75, 3.05) is 18.5 Å². The van der Waals surface area contributed by atoms with Crippen LogP contribution >= 0.6 is 0 Å². The summed E-state index contributed by atoms with van der Waals surface area (Å²) in [6, 6.07) is 22.0. The summed E-state index contributed by atoms with van der Waals surface area (Å²) in [4.78, 5) is 12.8. The summed E-state index contributed by atoms with van der Waals surface area (Å²) >= 11 is 0. The predicted octanol–water partition coefficient (Wildman–Crippen LogP) is 2.99. The number of carbonyl (C=O) groups excluding carboxylic acids is 1. The molecular weight excluding hydrogens is 422 g/mol. The molecule has 0 aliphatic heterocycles. The number of carbonyl (C=O) groups is 1. The molecule has 0 unspecified atom stereocenters. The number of benzene rings is 3.